The van der Waals surface area contributed by atoms with Crippen LogP contribution in [0, 0.1) is 24.0 Å². The molecule has 8 heteroatoms. The van der Waals surface area contributed by atoms with E-state index in [1.165, 1.54) is 25.1 Å². The van der Waals surface area contributed by atoms with E-state index >= 15 is 0 Å². The summed E-state index contributed by atoms with van der Waals surface area (Å²) in [6, 6.07) is 9.18. The summed E-state index contributed by atoms with van der Waals surface area (Å²) in [5, 5.41) is 13.8. The van der Waals surface area contributed by atoms with Crippen LogP contribution in [0.2, 0.25) is 5.02 Å². The van der Waals surface area contributed by atoms with Crippen LogP contribution in [0.15, 0.2) is 36.4 Å². The van der Waals surface area contributed by atoms with Gasteiger partial charge >= 0.3 is 5.97 Å². The van der Waals surface area contributed by atoms with E-state index in [1.54, 1.807) is 18.2 Å². The zero-order valence-corrected chi connectivity index (χ0v) is 14.3. The van der Waals surface area contributed by atoms with E-state index in [1.807, 2.05) is 6.92 Å². The molecular formula is C17H15ClN2O5. The highest BCUT2D eigenvalue weighted by Gasteiger charge is 2.19. The molecule has 0 aliphatic carbocycles. The Morgan fingerprint density at radius 3 is 2.60 bits per heavy atom. The predicted octanol–water partition coefficient (Wildman–Crippen LogP) is 3.66. The average Bonchev–Trinajstić information content (AvgIpc) is 2.55. The number of amides is 1. The van der Waals surface area contributed by atoms with Gasteiger partial charge in [-0.25, -0.2) is 4.79 Å². The molecule has 7 nitrogen and oxygen atoms in total. The van der Waals surface area contributed by atoms with Gasteiger partial charge in [-0.3, -0.25) is 14.9 Å². The van der Waals surface area contributed by atoms with E-state index < -0.39 is 23.4 Å². The van der Waals surface area contributed by atoms with E-state index in [-0.39, 0.29) is 16.8 Å². The molecule has 2 aromatic carbocycles. The molecule has 0 bridgehead atoms. The van der Waals surface area contributed by atoms with Gasteiger partial charge in [0.25, 0.3) is 11.6 Å². The van der Waals surface area contributed by atoms with Crippen molar-refractivity contribution >= 4 is 34.9 Å². The van der Waals surface area contributed by atoms with Crippen LogP contribution in [0.4, 0.5) is 11.4 Å². The van der Waals surface area contributed by atoms with E-state index in [0.717, 1.165) is 5.56 Å². The molecule has 2 rings (SSSR count). The Morgan fingerprint density at radius 2 is 1.96 bits per heavy atom. The molecule has 25 heavy (non-hydrogen) atoms. The van der Waals surface area contributed by atoms with Crippen LogP contribution in [0.3, 0.4) is 0 Å². The zero-order chi connectivity index (χ0) is 18.6. The smallest absolute Gasteiger partial charge is 0.339 e. The molecular weight excluding hydrogens is 348 g/mol. The Balaban J connectivity index is 2.01. The lowest BCUT2D eigenvalue weighted by atomic mass is 10.1. The highest BCUT2D eigenvalue weighted by molar-refractivity contribution is 6.33. The number of carbonyl (C=O) groups is 2. The van der Waals surface area contributed by atoms with Crippen LogP contribution in [-0.2, 0) is 9.53 Å². The Kier molecular flexibility index (Phi) is 5.71. The molecule has 0 fully saturated rings. The molecule has 0 heterocycles. The second kappa shape index (κ2) is 7.76. The van der Waals surface area contributed by atoms with Crippen LogP contribution in [-0.4, -0.2) is 23.4 Å². The summed E-state index contributed by atoms with van der Waals surface area (Å²) < 4.78 is 4.92. The molecule has 0 atom stereocenters. The largest absolute Gasteiger partial charge is 0.452 e. The van der Waals surface area contributed by atoms with Crippen LogP contribution in [0.25, 0.3) is 0 Å². The molecule has 0 spiro atoms. The minimum atomic E-state index is -0.814. The topological polar surface area (TPSA) is 98.5 Å². The van der Waals surface area contributed by atoms with Gasteiger partial charge in [-0.05, 0) is 37.6 Å². The summed E-state index contributed by atoms with van der Waals surface area (Å²) in [5.74, 6) is -1.38. The van der Waals surface area contributed by atoms with Crippen molar-refractivity contribution in [2.24, 2.45) is 0 Å². The normalized spacial score (nSPS) is 10.2. The number of anilines is 1. The Labute approximate surface area is 148 Å². The fraction of sp³-hybridized carbons (Fsp3) is 0.176. The highest BCUT2D eigenvalue weighted by atomic mass is 35.5. The highest BCUT2D eigenvalue weighted by Crippen LogP contribution is 2.23. The Bertz CT molecular complexity index is 851. The molecule has 130 valence electrons. The maximum Gasteiger partial charge on any atom is 0.339 e. The molecule has 2 aromatic rings. The monoisotopic (exact) mass is 362 g/mol. The maximum absolute atomic E-state index is 12.1. The summed E-state index contributed by atoms with van der Waals surface area (Å²) in [6.07, 6.45) is 0. The quantitative estimate of drug-likeness (QED) is 0.497. The van der Waals surface area contributed by atoms with Gasteiger partial charge in [0, 0.05) is 11.6 Å². The molecule has 0 unspecified atom stereocenters. The van der Waals surface area contributed by atoms with Gasteiger partial charge < -0.3 is 10.1 Å². The third-order valence-electron chi connectivity index (χ3n) is 3.45. The number of halogens is 1. The number of nitrogens with zero attached hydrogens (tertiary/aromatic N) is 1. The van der Waals surface area contributed by atoms with Crippen LogP contribution < -0.4 is 5.32 Å². The number of benzene rings is 2. The van der Waals surface area contributed by atoms with Crippen molar-refractivity contribution in [1.29, 1.82) is 0 Å². The summed E-state index contributed by atoms with van der Waals surface area (Å²) in [6.45, 7) is 2.77. The van der Waals surface area contributed by atoms with E-state index in [2.05, 4.69) is 5.32 Å². The number of hydrogen-bond donors (Lipinski definition) is 1. The first-order valence-corrected chi connectivity index (χ1v) is 7.64. The minimum absolute atomic E-state index is 0.0374. The molecule has 1 amide bonds. The van der Waals surface area contributed by atoms with E-state index in [0.29, 0.717) is 10.7 Å². The minimum Gasteiger partial charge on any atom is -0.452 e. The molecule has 0 aromatic heterocycles. The first-order valence-electron chi connectivity index (χ1n) is 7.26. The lowest BCUT2D eigenvalue weighted by Crippen LogP contribution is -2.21. The van der Waals surface area contributed by atoms with Crippen LogP contribution >= 0.6 is 11.6 Å². The summed E-state index contributed by atoms with van der Waals surface area (Å²) in [7, 11) is 0. The first-order chi connectivity index (χ1) is 11.8. The number of nitro benzene ring substituents is 1. The summed E-state index contributed by atoms with van der Waals surface area (Å²) in [5.41, 5.74) is 1.37. The first kappa shape index (κ1) is 18.4. The summed E-state index contributed by atoms with van der Waals surface area (Å²) in [4.78, 5) is 34.3. The van der Waals surface area contributed by atoms with Crippen molar-refractivity contribution in [3.63, 3.8) is 0 Å². The van der Waals surface area contributed by atoms with Crippen molar-refractivity contribution in [3.8, 4) is 0 Å². The van der Waals surface area contributed by atoms with Gasteiger partial charge in [-0.1, -0.05) is 23.7 Å². The van der Waals surface area contributed by atoms with Crippen molar-refractivity contribution in [1.82, 2.24) is 0 Å². The zero-order valence-electron chi connectivity index (χ0n) is 13.5. The van der Waals surface area contributed by atoms with Gasteiger partial charge in [0.2, 0.25) is 0 Å². The fourth-order valence-corrected chi connectivity index (χ4v) is 2.44. The number of nitrogens with one attached hydrogen (secondary N) is 1. The number of carbonyl (C=O) groups excluding carboxylic acids is 2. The van der Waals surface area contributed by atoms with Crippen molar-refractivity contribution < 1.29 is 19.2 Å². The third-order valence-corrected chi connectivity index (χ3v) is 3.77. The van der Waals surface area contributed by atoms with E-state index in [9.17, 15) is 19.7 Å². The van der Waals surface area contributed by atoms with Gasteiger partial charge in [0.15, 0.2) is 6.61 Å². The lowest BCUT2D eigenvalue weighted by Gasteiger charge is -2.09. The van der Waals surface area contributed by atoms with Crippen LogP contribution in [0.1, 0.15) is 21.5 Å². The number of nitro groups is 1. The van der Waals surface area contributed by atoms with Crippen molar-refractivity contribution in [2.45, 2.75) is 13.8 Å². The SMILES string of the molecule is Cc1ccc(NC(=O)COC(=O)c2cccc([N+](=O)[O-])c2C)c(Cl)c1. The van der Waals surface area contributed by atoms with Crippen molar-refractivity contribution in [2.75, 3.05) is 11.9 Å². The number of aryl methyl sites for hydroxylation is 1. The molecule has 0 aliphatic rings. The van der Waals surface area contributed by atoms with Crippen molar-refractivity contribution in [3.05, 3.63) is 68.2 Å². The number of hydrogen-bond acceptors (Lipinski definition) is 5. The second-order valence-electron chi connectivity index (χ2n) is 5.31. The predicted molar refractivity (Wildman–Crippen MR) is 92.9 cm³/mol. The molecule has 0 saturated heterocycles. The summed E-state index contributed by atoms with van der Waals surface area (Å²) >= 11 is 6.01. The molecule has 0 radical (unpaired) electrons. The second-order valence-corrected chi connectivity index (χ2v) is 5.72. The third kappa shape index (κ3) is 4.54. The molecule has 0 saturated carbocycles. The fourth-order valence-electron chi connectivity index (χ4n) is 2.16. The number of esters is 1. The Hall–Kier alpha value is -2.93. The Morgan fingerprint density at radius 1 is 1.24 bits per heavy atom. The van der Waals surface area contributed by atoms with Gasteiger partial charge in [-0.15, -0.1) is 0 Å². The van der Waals surface area contributed by atoms with Gasteiger partial charge in [-0.2, -0.15) is 0 Å². The molecule has 0 aliphatic heterocycles. The standard InChI is InChI=1S/C17H15ClN2O5/c1-10-6-7-14(13(18)8-10)19-16(21)9-25-17(22)12-4-3-5-15(11(12)2)20(23)24/h3-8H,9H2,1-2H3,(H,19,21). The van der Waals surface area contributed by atoms with E-state index in [4.69, 9.17) is 16.3 Å². The lowest BCUT2D eigenvalue weighted by molar-refractivity contribution is -0.385. The maximum atomic E-state index is 12.1. The van der Waals surface area contributed by atoms with Crippen LogP contribution in [0.5, 0.6) is 0 Å². The van der Waals surface area contributed by atoms with Gasteiger partial charge in [0.1, 0.15) is 0 Å². The van der Waals surface area contributed by atoms with Gasteiger partial charge in [0.05, 0.1) is 21.2 Å². The average molecular weight is 363 g/mol. The number of ether oxygens (including phenoxy) is 1. The molecule has 1 N–H and O–H groups in total. The number of rotatable bonds is 5.